The van der Waals surface area contributed by atoms with Crippen LogP contribution in [0.1, 0.15) is 53.3 Å². The van der Waals surface area contributed by atoms with Gasteiger partial charge in [0.2, 0.25) is 0 Å². The summed E-state index contributed by atoms with van der Waals surface area (Å²) in [7, 11) is 0. The van der Waals surface area contributed by atoms with Crippen LogP contribution >= 0.6 is 0 Å². The summed E-state index contributed by atoms with van der Waals surface area (Å²) in [6.07, 6.45) is 4.29. The molecule has 1 heterocycles. The van der Waals surface area contributed by atoms with Crippen molar-refractivity contribution < 1.29 is 4.79 Å². The first kappa shape index (κ1) is 19.0. The Morgan fingerprint density at radius 2 is 1.77 bits per heavy atom. The van der Waals surface area contributed by atoms with Crippen LogP contribution in [0.2, 0.25) is 0 Å². The van der Waals surface area contributed by atoms with Crippen LogP contribution in [0, 0.1) is 12.8 Å². The van der Waals surface area contributed by atoms with E-state index in [0.29, 0.717) is 12.2 Å². The van der Waals surface area contributed by atoms with Gasteiger partial charge in [-0.1, -0.05) is 66.2 Å². The molecule has 0 radical (unpaired) electrons. The highest BCUT2D eigenvalue weighted by molar-refractivity contribution is 5.87. The average molecular weight is 394 g/mol. The van der Waals surface area contributed by atoms with Crippen LogP contribution in [-0.4, -0.2) is 10.8 Å². The van der Waals surface area contributed by atoms with E-state index in [1.54, 1.807) is 0 Å². The number of carbonyl (C=O) groups is 1. The van der Waals surface area contributed by atoms with Gasteiger partial charge >= 0.3 is 0 Å². The molecule has 1 unspecified atom stereocenters. The van der Waals surface area contributed by atoms with Gasteiger partial charge < -0.3 is 0 Å². The standard InChI is InChI=1S/C28H27NO/c1-19-8-7-13-26(29-19)28-24(27(30)17-14-20-9-3-2-4-10-20)16-15-23-22-12-6-5-11-21(22)18-25(23)28/h2-13,24,28H,14-18H2,1H3/t24?,28-/m1/s1. The molecule has 150 valence electrons. The smallest absolute Gasteiger partial charge is 0.137 e. The highest BCUT2D eigenvalue weighted by atomic mass is 16.1. The lowest BCUT2D eigenvalue weighted by molar-refractivity contribution is -0.123. The summed E-state index contributed by atoms with van der Waals surface area (Å²) in [5.74, 6) is 0.509. The lowest BCUT2D eigenvalue weighted by Crippen LogP contribution is -2.28. The van der Waals surface area contributed by atoms with E-state index in [1.807, 2.05) is 31.2 Å². The molecule has 30 heavy (non-hydrogen) atoms. The van der Waals surface area contributed by atoms with E-state index in [-0.39, 0.29) is 11.8 Å². The number of Topliss-reactive ketones (excluding diaryl/α,β-unsaturated/α-hetero) is 1. The first-order valence-corrected chi connectivity index (χ1v) is 11.0. The van der Waals surface area contributed by atoms with Crippen molar-refractivity contribution in [1.29, 1.82) is 0 Å². The summed E-state index contributed by atoms with van der Waals surface area (Å²) in [6.45, 7) is 2.04. The van der Waals surface area contributed by atoms with E-state index in [1.165, 1.54) is 27.8 Å². The summed E-state index contributed by atoms with van der Waals surface area (Å²) in [5.41, 5.74) is 9.00. The van der Waals surface area contributed by atoms with Gasteiger partial charge in [-0.25, -0.2) is 0 Å². The highest BCUT2D eigenvalue weighted by Crippen LogP contribution is 2.50. The van der Waals surface area contributed by atoms with Crippen molar-refractivity contribution in [3.05, 3.63) is 106 Å². The zero-order valence-electron chi connectivity index (χ0n) is 17.5. The number of rotatable bonds is 5. The predicted molar refractivity (Wildman–Crippen MR) is 121 cm³/mol. The second-order valence-electron chi connectivity index (χ2n) is 8.62. The quantitative estimate of drug-likeness (QED) is 0.524. The molecule has 2 atom stereocenters. The molecule has 2 nitrogen and oxygen atoms in total. The van der Waals surface area contributed by atoms with Crippen LogP contribution in [0.15, 0.2) is 78.4 Å². The third-order valence-electron chi connectivity index (χ3n) is 6.74. The maximum atomic E-state index is 13.5. The van der Waals surface area contributed by atoms with Gasteiger partial charge in [-0.05, 0) is 67.0 Å². The molecular formula is C28H27NO. The number of hydrogen-bond acceptors (Lipinski definition) is 2. The van der Waals surface area contributed by atoms with Gasteiger partial charge in [-0.15, -0.1) is 0 Å². The van der Waals surface area contributed by atoms with Crippen LogP contribution in [0.5, 0.6) is 0 Å². The number of pyridine rings is 1. The average Bonchev–Trinajstić information content (AvgIpc) is 3.16. The van der Waals surface area contributed by atoms with Crippen molar-refractivity contribution in [2.24, 2.45) is 5.92 Å². The van der Waals surface area contributed by atoms with E-state index < -0.39 is 0 Å². The fourth-order valence-corrected chi connectivity index (χ4v) is 5.32. The minimum absolute atomic E-state index is 0.0241. The van der Waals surface area contributed by atoms with Gasteiger partial charge in [0, 0.05) is 29.6 Å². The molecule has 2 aliphatic carbocycles. The van der Waals surface area contributed by atoms with E-state index >= 15 is 0 Å². The van der Waals surface area contributed by atoms with E-state index in [2.05, 4.69) is 48.5 Å². The van der Waals surface area contributed by atoms with Gasteiger partial charge in [0.25, 0.3) is 0 Å². The maximum Gasteiger partial charge on any atom is 0.137 e. The number of carbonyl (C=O) groups excluding carboxylic acids is 1. The summed E-state index contributed by atoms with van der Waals surface area (Å²) in [6, 6.07) is 25.3. The number of allylic oxidation sites excluding steroid dienone is 2. The van der Waals surface area contributed by atoms with Gasteiger partial charge in [-0.3, -0.25) is 9.78 Å². The lowest BCUT2D eigenvalue weighted by Gasteiger charge is -2.33. The number of hydrogen-bond donors (Lipinski definition) is 0. The molecule has 0 amide bonds. The number of fused-ring (bicyclic) bond motifs is 2. The summed E-state index contributed by atoms with van der Waals surface area (Å²) >= 11 is 0. The number of ketones is 1. The molecule has 0 bridgehead atoms. The largest absolute Gasteiger partial charge is 0.299 e. The number of nitrogens with zero attached hydrogens (tertiary/aromatic N) is 1. The Kier molecular flexibility index (Phi) is 5.08. The second-order valence-corrected chi connectivity index (χ2v) is 8.62. The Hall–Kier alpha value is -3.00. The molecule has 5 rings (SSSR count). The number of aromatic nitrogens is 1. The topological polar surface area (TPSA) is 30.0 Å². The second kappa shape index (κ2) is 8.02. The number of benzene rings is 2. The lowest BCUT2D eigenvalue weighted by atomic mass is 9.71. The van der Waals surface area contributed by atoms with Gasteiger partial charge in [0.1, 0.15) is 5.78 Å². The van der Waals surface area contributed by atoms with Gasteiger partial charge in [0.05, 0.1) is 0 Å². The van der Waals surface area contributed by atoms with Crippen molar-refractivity contribution in [3.63, 3.8) is 0 Å². The number of aryl methyl sites for hydroxylation is 2. The van der Waals surface area contributed by atoms with Crippen LogP contribution in [0.25, 0.3) is 5.57 Å². The summed E-state index contributed by atoms with van der Waals surface area (Å²) in [5, 5.41) is 0. The molecule has 0 N–H and O–H groups in total. The Labute approximate surface area is 178 Å². The Bertz CT molecular complexity index is 1110. The fourth-order valence-electron chi connectivity index (χ4n) is 5.32. The molecule has 0 aliphatic heterocycles. The van der Waals surface area contributed by atoms with Gasteiger partial charge in [-0.2, -0.15) is 0 Å². The molecule has 0 saturated carbocycles. The van der Waals surface area contributed by atoms with Crippen LogP contribution in [-0.2, 0) is 17.6 Å². The Morgan fingerprint density at radius 1 is 0.967 bits per heavy atom. The molecule has 0 saturated heterocycles. The maximum absolute atomic E-state index is 13.5. The first-order chi connectivity index (χ1) is 14.7. The third-order valence-corrected chi connectivity index (χ3v) is 6.74. The summed E-state index contributed by atoms with van der Waals surface area (Å²) < 4.78 is 0. The molecule has 0 fully saturated rings. The third kappa shape index (κ3) is 3.52. The molecule has 0 spiro atoms. The van der Waals surface area contributed by atoms with Crippen molar-refractivity contribution in [2.45, 2.75) is 44.9 Å². The van der Waals surface area contributed by atoms with Crippen LogP contribution < -0.4 is 0 Å². The van der Waals surface area contributed by atoms with Crippen molar-refractivity contribution in [3.8, 4) is 0 Å². The molecule has 2 aromatic carbocycles. The van der Waals surface area contributed by atoms with E-state index in [0.717, 1.165) is 37.1 Å². The molecule has 2 aliphatic rings. The molecule has 1 aromatic heterocycles. The predicted octanol–water partition coefficient (Wildman–Crippen LogP) is 6.10. The molecule has 2 heteroatoms. The monoisotopic (exact) mass is 393 g/mol. The normalized spacial score (nSPS) is 20.0. The fraction of sp³-hybridized carbons (Fsp3) is 0.286. The molecular weight excluding hydrogens is 366 g/mol. The minimum Gasteiger partial charge on any atom is -0.299 e. The van der Waals surface area contributed by atoms with Crippen molar-refractivity contribution >= 4 is 11.4 Å². The Morgan fingerprint density at radius 3 is 2.60 bits per heavy atom. The SMILES string of the molecule is Cc1cccc([C@H]2C3=C(CCC2C(=O)CCc2ccccc2)c2ccccc2C3)n1. The highest BCUT2D eigenvalue weighted by Gasteiger charge is 2.40. The zero-order chi connectivity index (χ0) is 20.5. The first-order valence-electron chi connectivity index (χ1n) is 11.0. The van der Waals surface area contributed by atoms with E-state index in [9.17, 15) is 4.79 Å². The zero-order valence-corrected chi connectivity index (χ0v) is 17.5. The van der Waals surface area contributed by atoms with Crippen LogP contribution in [0.4, 0.5) is 0 Å². The van der Waals surface area contributed by atoms with Crippen molar-refractivity contribution in [2.75, 3.05) is 0 Å². The minimum atomic E-state index is 0.0241. The van der Waals surface area contributed by atoms with E-state index in [4.69, 9.17) is 4.98 Å². The van der Waals surface area contributed by atoms with Gasteiger partial charge in [0.15, 0.2) is 0 Å². The van der Waals surface area contributed by atoms with Crippen LogP contribution in [0.3, 0.4) is 0 Å². The Balaban J connectivity index is 1.48. The molecule has 3 aromatic rings. The summed E-state index contributed by atoms with van der Waals surface area (Å²) in [4.78, 5) is 18.3. The van der Waals surface area contributed by atoms with Crippen molar-refractivity contribution in [1.82, 2.24) is 4.98 Å².